The van der Waals surface area contributed by atoms with Crippen molar-refractivity contribution in [3.8, 4) is 11.5 Å². The highest BCUT2D eigenvalue weighted by atomic mass is 16.6. The van der Waals surface area contributed by atoms with Gasteiger partial charge in [0, 0.05) is 13.1 Å². The third-order valence-corrected chi connectivity index (χ3v) is 4.80. The van der Waals surface area contributed by atoms with Crippen molar-refractivity contribution < 1.29 is 14.3 Å². The zero-order valence-electron chi connectivity index (χ0n) is 14.6. The van der Waals surface area contributed by atoms with Crippen LogP contribution in [0.1, 0.15) is 22.3 Å². The maximum atomic E-state index is 12.8. The van der Waals surface area contributed by atoms with Gasteiger partial charge in [0.15, 0.2) is 11.5 Å². The van der Waals surface area contributed by atoms with Gasteiger partial charge in [-0.15, -0.1) is 0 Å². The molecule has 0 unspecified atom stereocenters. The first-order valence-corrected chi connectivity index (χ1v) is 8.65. The molecule has 2 aromatic rings. The van der Waals surface area contributed by atoms with Crippen molar-refractivity contribution in [1.29, 1.82) is 0 Å². The standard InChI is InChI=1S/C20H22N2O3/c1-13-10-14(2)16-6-7-22(12-15(16)11-13)20(23)21-17-4-3-5-18-19(17)25-9-8-24-18/h3-5,10-11H,6-9,12H2,1-2H3,(H,21,23). The second-order valence-electron chi connectivity index (χ2n) is 6.65. The molecule has 25 heavy (non-hydrogen) atoms. The molecule has 2 aliphatic rings. The van der Waals surface area contributed by atoms with Crippen LogP contribution in [0.5, 0.6) is 11.5 Å². The highest BCUT2D eigenvalue weighted by Gasteiger charge is 2.24. The predicted molar refractivity (Wildman–Crippen MR) is 96.5 cm³/mol. The summed E-state index contributed by atoms with van der Waals surface area (Å²) in [5.41, 5.74) is 5.84. The number of amides is 2. The Bertz CT molecular complexity index is 832. The molecule has 0 spiro atoms. The number of aryl methyl sites for hydroxylation is 2. The van der Waals surface area contributed by atoms with Crippen LogP contribution in [0.4, 0.5) is 10.5 Å². The van der Waals surface area contributed by atoms with Crippen molar-refractivity contribution >= 4 is 11.7 Å². The van der Waals surface area contributed by atoms with E-state index >= 15 is 0 Å². The summed E-state index contributed by atoms with van der Waals surface area (Å²) < 4.78 is 11.2. The molecule has 0 radical (unpaired) electrons. The molecule has 2 amide bonds. The molecule has 0 fully saturated rings. The molecule has 5 nitrogen and oxygen atoms in total. The van der Waals surface area contributed by atoms with Gasteiger partial charge < -0.3 is 19.7 Å². The molecule has 0 aliphatic carbocycles. The van der Waals surface area contributed by atoms with Crippen molar-refractivity contribution in [2.75, 3.05) is 25.1 Å². The summed E-state index contributed by atoms with van der Waals surface area (Å²) in [6, 6.07) is 9.85. The first kappa shape index (κ1) is 15.8. The van der Waals surface area contributed by atoms with Crippen molar-refractivity contribution in [1.82, 2.24) is 4.90 Å². The second kappa shape index (κ2) is 6.31. The lowest BCUT2D eigenvalue weighted by Gasteiger charge is -2.31. The van der Waals surface area contributed by atoms with E-state index in [0.717, 1.165) is 13.0 Å². The molecular weight excluding hydrogens is 316 g/mol. The lowest BCUT2D eigenvalue weighted by molar-refractivity contribution is 0.172. The van der Waals surface area contributed by atoms with E-state index in [1.165, 1.54) is 22.3 Å². The van der Waals surface area contributed by atoms with Gasteiger partial charge in [-0.05, 0) is 49.1 Å². The molecule has 0 saturated carbocycles. The van der Waals surface area contributed by atoms with E-state index in [-0.39, 0.29) is 6.03 Å². The van der Waals surface area contributed by atoms with Crippen molar-refractivity contribution in [2.45, 2.75) is 26.8 Å². The number of para-hydroxylation sites is 1. The van der Waals surface area contributed by atoms with Gasteiger partial charge in [-0.25, -0.2) is 4.79 Å². The number of carbonyl (C=O) groups excluding carboxylic acids is 1. The number of nitrogens with one attached hydrogen (secondary N) is 1. The van der Waals surface area contributed by atoms with Gasteiger partial charge in [-0.2, -0.15) is 0 Å². The molecule has 0 bridgehead atoms. The van der Waals surface area contributed by atoms with Crippen molar-refractivity contribution in [2.24, 2.45) is 0 Å². The van der Waals surface area contributed by atoms with Gasteiger partial charge in [0.1, 0.15) is 13.2 Å². The number of benzene rings is 2. The van der Waals surface area contributed by atoms with Gasteiger partial charge in [0.05, 0.1) is 5.69 Å². The van der Waals surface area contributed by atoms with Crippen LogP contribution in [0.3, 0.4) is 0 Å². The van der Waals surface area contributed by atoms with E-state index in [2.05, 4.69) is 31.3 Å². The molecule has 0 aromatic heterocycles. The van der Waals surface area contributed by atoms with Gasteiger partial charge in [-0.1, -0.05) is 23.8 Å². The fourth-order valence-electron chi connectivity index (χ4n) is 3.66. The van der Waals surface area contributed by atoms with Crippen LogP contribution in [-0.2, 0) is 13.0 Å². The number of fused-ring (bicyclic) bond motifs is 2. The Morgan fingerprint density at radius 2 is 2.00 bits per heavy atom. The van der Waals surface area contributed by atoms with E-state index in [1.54, 1.807) is 0 Å². The number of hydrogen-bond donors (Lipinski definition) is 1. The Hall–Kier alpha value is -2.69. The molecule has 0 atom stereocenters. The largest absolute Gasteiger partial charge is 0.486 e. The van der Waals surface area contributed by atoms with Gasteiger partial charge in [0.2, 0.25) is 0 Å². The van der Waals surface area contributed by atoms with Crippen LogP contribution < -0.4 is 14.8 Å². The monoisotopic (exact) mass is 338 g/mol. The minimum absolute atomic E-state index is 0.104. The lowest BCUT2D eigenvalue weighted by Crippen LogP contribution is -2.39. The summed E-state index contributed by atoms with van der Waals surface area (Å²) in [6.45, 7) is 6.63. The summed E-state index contributed by atoms with van der Waals surface area (Å²) >= 11 is 0. The van der Waals surface area contributed by atoms with E-state index < -0.39 is 0 Å². The average molecular weight is 338 g/mol. The number of carbonyl (C=O) groups is 1. The number of hydrogen-bond acceptors (Lipinski definition) is 3. The molecule has 2 heterocycles. The Labute approximate surface area is 147 Å². The normalized spacial score (nSPS) is 15.5. The SMILES string of the molecule is Cc1cc(C)c2c(c1)CN(C(=O)Nc1cccc3c1OCCO3)CC2. The lowest BCUT2D eigenvalue weighted by atomic mass is 9.93. The smallest absolute Gasteiger partial charge is 0.322 e. The van der Waals surface area contributed by atoms with Gasteiger partial charge in [-0.3, -0.25) is 0 Å². The average Bonchev–Trinajstić information content (AvgIpc) is 2.61. The molecule has 1 N–H and O–H groups in total. The number of ether oxygens (including phenoxy) is 2. The van der Waals surface area contributed by atoms with Crippen molar-refractivity contribution in [3.05, 3.63) is 52.6 Å². The zero-order chi connectivity index (χ0) is 17.4. The maximum Gasteiger partial charge on any atom is 0.322 e. The first-order valence-electron chi connectivity index (χ1n) is 8.65. The van der Waals surface area contributed by atoms with E-state index in [4.69, 9.17) is 9.47 Å². The highest BCUT2D eigenvalue weighted by Crippen LogP contribution is 2.37. The fourth-order valence-corrected chi connectivity index (χ4v) is 3.66. The molecule has 5 heteroatoms. The third-order valence-electron chi connectivity index (χ3n) is 4.80. The topological polar surface area (TPSA) is 50.8 Å². The molecule has 2 aliphatic heterocycles. The molecule has 2 aromatic carbocycles. The number of anilines is 1. The summed E-state index contributed by atoms with van der Waals surface area (Å²) in [7, 11) is 0. The van der Waals surface area contributed by atoms with Crippen molar-refractivity contribution in [3.63, 3.8) is 0 Å². The van der Waals surface area contributed by atoms with Crippen LogP contribution >= 0.6 is 0 Å². The Morgan fingerprint density at radius 3 is 2.88 bits per heavy atom. The summed E-state index contributed by atoms with van der Waals surface area (Å²) in [5.74, 6) is 1.30. The van der Waals surface area contributed by atoms with Crippen LogP contribution in [0, 0.1) is 13.8 Å². The van der Waals surface area contributed by atoms with Crippen LogP contribution in [-0.4, -0.2) is 30.7 Å². The molecule has 130 valence electrons. The third kappa shape index (κ3) is 3.02. The minimum atomic E-state index is -0.104. The van der Waals surface area contributed by atoms with E-state index in [0.29, 0.717) is 36.9 Å². The Balaban J connectivity index is 1.53. The maximum absolute atomic E-state index is 12.8. The van der Waals surface area contributed by atoms with Crippen LogP contribution in [0.2, 0.25) is 0 Å². The molecule has 4 rings (SSSR count). The second-order valence-corrected chi connectivity index (χ2v) is 6.65. The summed E-state index contributed by atoms with van der Waals surface area (Å²) in [5, 5.41) is 2.98. The number of nitrogens with zero attached hydrogens (tertiary/aromatic N) is 1. The zero-order valence-corrected chi connectivity index (χ0v) is 14.6. The summed E-state index contributed by atoms with van der Waals surface area (Å²) in [6.07, 6.45) is 0.890. The fraction of sp³-hybridized carbons (Fsp3) is 0.350. The van der Waals surface area contributed by atoms with Gasteiger partial charge >= 0.3 is 6.03 Å². The Morgan fingerprint density at radius 1 is 1.16 bits per heavy atom. The van der Waals surface area contributed by atoms with Gasteiger partial charge in [0.25, 0.3) is 0 Å². The quantitative estimate of drug-likeness (QED) is 0.863. The Kier molecular flexibility index (Phi) is 3.99. The van der Waals surface area contributed by atoms with E-state index in [9.17, 15) is 4.79 Å². The highest BCUT2D eigenvalue weighted by molar-refractivity contribution is 5.91. The van der Waals surface area contributed by atoms with Crippen LogP contribution in [0.25, 0.3) is 0 Å². The number of urea groups is 1. The predicted octanol–water partition coefficient (Wildman–Crippen LogP) is 3.66. The first-order chi connectivity index (χ1) is 12.1. The number of rotatable bonds is 1. The molecule has 0 saturated heterocycles. The molecular formula is C20H22N2O3. The summed E-state index contributed by atoms with van der Waals surface area (Å²) in [4.78, 5) is 14.6. The van der Waals surface area contributed by atoms with Crippen LogP contribution in [0.15, 0.2) is 30.3 Å². The minimum Gasteiger partial charge on any atom is -0.486 e. The van der Waals surface area contributed by atoms with E-state index in [1.807, 2.05) is 23.1 Å².